The van der Waals surface area contributed by atoms with Gasteiger partial charge >= 0.3 is 0 Å². The lowest BCUT2D eigenvalue weighted by atomic mass is 10.2. The van der Waals surface area contributed by atoms with Crippen LogP contribution in [0.15, 0.2) is 12.1 Å². The number of carbonyl (C=O) groups is 1. The topological polar surface area (TPSA) is 20.3 Å². The van der Waals surface area contributed by atoms with Crippen molar-refractivity contribution in [2.75, 3.05) is 12.3 Å². The number of hydrogen-bond donors (Lipinski definition) is 0. The van der Waals surface area contributed by atoms with Gasteiger partial charge in [-0.25, -0.2) is 0 Å². The molecule has 0 spiro atoms. The van der Waals surface area contributed by atoms with E-state index in [2.05, 4.69) is 19.1 Å². The van der Waals surface area contributed by atoms with Crippen LogP contribution in [0.1, 0.15) is 29.0 Å². The quantitative estimate of drug-likeness (QED) is 0.808. The van der Waals surface area contributed by atoms with Crippen LogP contribution in [0.25, 0.3) is 0 Å². The summed E-state index contributed by atoms with van der Waals surface area (Å²) in [6, 6.07) is 4.29. The van der Waals surface area contributed by atoms with Gasteiger partial charge in [0.05, 0.1) is 0 Å². The van der Waals surface area contributed by atoms with Crippen molar-refractivity contribution in [3.63, 3.8) is 0 Å². The van der Waals surface area contributed by atoms with Crippen molar-refractivity contribution in [2.45, 2.75) is 26.1 Å². The Labute approximate surface area is 105 Å². The van der Waals surface area contributed by atoms with E-state index in [9.17, 15) is 4.79 Å². The molecule has 0 aromatic carbocycles. The highest BCUT2D eigenvalue weighted by atomic mass is 32.2. The van der Waals surface area contributed by atoms with Gasteiger partial charge in [0.25, 0.3) is 0 Å². The number of hydrogen-bond acceptors (Lipinski definition) is 3. The summed E-state index contributed by atoms with van der Waals surface area (Å²) in [5, 5.41) is 0.258. The Morgan fingerprint density at radius 3 is 2.81 bits per heavy atom. The summed E-state index contributed by atoms with van der Waals surface area (Å²) in [4.78, 5) is 16.7. The molecule has 4 heteroatoms. The molecule has 1 unspecified atom stereocenters. The summed E-state index contributed by atoms with van der Waals surface area (Å²) in [5.41, 5.74) is 0. The van der Waals surface area contributed by atoms with Gasteiger partial charge in [-0.05, 0) is 19.1 Å². The van der Waals surface area contributed by atoms with Crippen LogP contribution in [0.2, 0.25) is 0 Å². The second kappa shape index (κ2) is 4.80. The van der Waals surface area contributed by atoms with Crippen LogP contribution in [0.5, 0.6) is 0 Å². The molecule has 2 rings (SSSR count). The van der Waals surface area contributed by atoms with Crippen LogP contribution in [-0.4, -0.2) is 23.1 Å². The molecule has 0 radical (unpaired) electrons. The molecule has 1 aromatic rings. The molecule has 1 fully saturated rings. The normalized spacial score (nSPS) is 20.8. The van der Waals surface area contributed by atoms with E-state index in [4.69, 9.17) is 0 Å². The average molecular weight is 255 g/mol. The van der Waals surface area contributed by atoms with E-state index >= 15 is 0 Å². The molecule has 1 aromatic heterocycles. The van der Waals surface area contributed by atoms with E-state index in [1.54, 1.807) is 11.3 Å². The Hall–Kier alpha value is -0.480. The highest BCUT2D eigenvalue weighted by Gasteiger charge is 2.32. The third-order valence-electron chi connectivity index (χ3n) is 2.67. The van der Waals surface area contributed by atoms with Crippen LogP contribution >= 0.6 is 23.1 Å². The van der Waals surface area contributed by atoms with Crippen molar-refractivity contribution < 1.29 is 4.79 Å². The molecule has 0 bridgehead atoms. The zero-order valence-electron chi connectivity index (χ0n) is 9.90. The maximum Gasteiger partial charge on any atom is 0.226 e. The third-order valence-corrected chi connectivity index (χ3v) is 5.12. The van der Waals surface area contributed by atoms with Gasteiger partial charge in [0.2, 0.25) is 5.91 Å². The number of thiophene rings is 1. The van der Waals surface area contributed by atoms with Crippen molar-refractivity contribution >= 4 is 29.0 Å². The van der Waals surface area contributed by atoms with E-state index in [1.165, 1.54) is 9.75 Å². The van der Waals surface area contributed by atoms with E-state index in [0.29, 0.717) is 0 Å². The predicted octanol–water partition coefficient (Wildman–Crippen LogP) is 3.29. The minimum Gasteiger partial charge on any atom is -0.325 e. The second-order valence-electron chi connectivity index (χ2n) is 4.36. The molecule has 1 amide bonds. The SMILES string of the molecule is Cc1ccc(C2SCCN2C(=O)C(C)C)s1. The summed E-state index contributed by atoms with van der Waals surface area (Å²) < 4.78 is 0. The molecule has 1 aliphatic rings. The predicted molar refractivity (Wildman–Crippen MR) is 70.8 cm³/mol. The van der Waals surface area contributed by atoms with Crippen molar-refractivity contribution in [3.05, 3.63) is 21.9 Å². The van der Waals surface area contributed by atoms with Crippen LogP contribution in [0, 0.1) is 12.8 Å². The summed E-state index contributed by atoms with van der Waals surface area (Å²) in [5.74, 6) is 1.43. The van der Waals surface area contributed by atoms with Crippen molar-refractivity contribution in [1.82, 2.24) is 4.90 Å². The minimum atomic E-state index is 0.0993. The zero-order valence-corrected chi connectivity index (χ0v) is 11.5. The number of carbonyl (C=O) groups excluding carboxylic acids is 1. The fraction of sp³-hybridized carbons (Fsp3) is 0.583. The number of nitrogens with zero attached hydrogens (tertiary/aromatic N) is 1. The highest BCUT2D eigenvalue weighted by Crippen LogP contribution is 2.41. The Bertz CT molecular complexity index is 386. The summed E-state index contributed by atoms with van der Waals surface area (Å²) >= 11 is 3.68. The molecule has 0 saturated carbocycles. The van der Waals surface area contributed by atoms with Crippen LogP contribution < -0.4 is 0 Å². The smallest absolute Gasteiger partial charge is 0.226 e. The zero-order chi connectivity index (χ0) is 11.7. The minimum absolute atomic E-state index is 0.0993. The van der Waals surface area contributed by atoms with Gasteiger partial charge in [-0.15, -0.1) is 23.1 Å². The van der Waals surface area contributed by atoms with E-state index < -0.39 is 0 Å². The number of thioether (sulfide) groups is 1. The van der Waals surface area contributed by atoms with Crippen LogP contribution in [-0.2, 0) is 4.79 Å². The van der Waals surface area contributed by atoms with Crippen LogP contribution in [0.4, 0.5) is 0 Å². The molecule has 2 nitrogen and oxygen atoms in total. The van der Waals surface area contributed by atoms with Crippen molar-refractivity contribution in [3.8, 4) is 0 Å². The first-order chi connectivity index (χ1) is 7.59. The summed E-state index contributed by atoms with van der Waals surface area (Å²) in [6.45, 7) is 6.95. The molecular formula is C12H17NOS2. The maximum atomic E-state index is 12.1. The molecule has 0 aliphatic carbocycles. The highest BCUT2D eigenvalue weighted by molar-refractivity contribution is 7.99. The molecule has 1 atom stereocenters. The number of amides is 1. The third kappa shape index (κ3) is 2.28. The summed E-state index contributed by atoms with van der Waals surface area (Å²) in [6.07, 6.45) is 0. The average Bonchev–Trinajstić information content (AvgIpc) is 2.83. The summed E-state index contributed by atoms with van der Waals surface area (Å²) in [7, 11) is 0. The molecule has 16 heavy (non-hydrogen) atoms. The molecule has 2 heterocycles. The van der Waals surface area contributed by atoms with Gasteiger partial charge in [0.1, 0.15) is 5.37 Å². The molecule has 1 aliphatic heterocycles. The van der Waals surface area contributed by atoms with Crippen molar-refractivity contribution in [2.24, 2.45) is 5.92 Å². The van der Waals surface area contributed by atoms with E-state index in [-0.39, 0.29) is 17.2 Å². The first kappa shape index (κ1) is 12.0. The first-order valence-electron chi connectivity index (χ1n) is 5.58. The maximum absolute atomic E-state index is 12.1. The van der Waals surface area contributed by atoms with Gasteiger partial charge in [-0.2, -0.15) is 0 Å². The van der Waals surface area contributed by atoms with Gasteiger partial charge in [-0.3, -0.25) is 4.79 Å². The molecule has 0 N–H and O–H groups in total. The number of aryl methyl sites for hydroxylation is 1. The fourth-order valence-electron chi connectivity index (χ4n) is 1.85. The van der Waals surface area contributed by atoms with Gasteiger partial charge in [0.15, 0.2) is 0 Å². The van der Waals surface area contributed by atoms with Gasteiger partial charge in [-0.1, -0.05) is 13.8 Å². The fourth-order valence-corrected chi connectivity index (χ4v) is 4.23. The van der Waals surface area contributed by atoms with Gasteiger partial charge in [0, 0.05) is 28.0 Å². The molecule has 88 valence electrons. The lowest BCUT2D eigenvalue weighted by molar-refractivity contribution is -0.134. The largest absolute Gasteiger partial charge is 0.325 e. The lowest BCUT2D eigenvalue weighted by Crippen LogP contribution is -2.33. The van der Waals surface area contributed by atoms with E-state index in [1.807, 2.05) is 30.5 Å². The Kier molecular flexibility index (Phi) is 3.60. The standard InChI is InChI=1S/C12H17NOS2/c1-8(2)11(14)13-6-7-15-12(13)10-5-4-9(3)16-10/h4-5,8,12H,6-7H2,1-3H3. The Morgan fingerprint density at radius 2 is 2.25 bits per heavy atom. The van der Waals surface area contributed by atoms with E-state index in [0.717, 1.165) is 12.3 Å². The second-order valence-corrected chi connectivity index (χ2v) is 6.87. The van der Waals surface area contributed by atoms with Gasteiger partial charge < -0.3 is 4.90 Å². The number of rotatable bonds is 2. The molecular weight excluding hydrogens is 238 g/mol. The lowest BCUT2D eigenvalue weighted by Gasteiger charge is -2.24. The monoisotopic (exact) mass is 255 g/mol. The Morgan fingerprint density at radius 1 is 1.50 bits per heavy atom. The van der Waals surface area contributed by atoms with Crippen molar-refractivity contribution in [1.29, 1.82) is 0 Å². The molecule has 1 saturated heterocycles. The van der Waals surface area contributed by atoms with Crippen LogP contribution in [0.3, 0.4) is 0 Å². The first-order valence-corrected chi connectivity index (χ1v) is 7.44. The Balaban J connectivity index is 2.18.